The highest BCUT2D eigenvalue weighted by atomic mass is 79.9. The predicted molar refractivity (Wildman–Crippen MR) is 67.4 cm³/mol. The summed E-state index contributed by atoms with van der Waals surface area (Å²) in [5, 5.41) is 1.08. The van der Waals surface area contributed by atoms with Gasteiger partial charge in [0.25, 0.3) is 0 Å². The highest BCUT2D eigenvalue weighted by molar-refractivity contribution is 9.09. The molecule has 0 spiro atoms. The van der Waals surface area contributed by atoms with Crippen molar-refractivity contribution in [1.82, 2.24) is 0 Å². The summed E-state index contributed by atoms with van der Waals surface area (Å²) in [5.74, 6) is 0.884. The lowest BCUT2D eigenvalue weighted by atomic mass is 9.82. The van der Waals surface area contributed by atoms with Crippen LogP contribution in [0.25, 0.3) is 0 Å². The quantitative estimate of drug-likeness (QED) is 0.703. The average molecular weight is 275 g/mol. The Morgan fingerprint density at radius 2 is 2.00 bits per heavy atom. The van der Waals surface area contributed by atoms with Crippen LogP contribution >= 0.6 is 15.9 Å². The minimum atomic E-state index is 0.387. The van der Waals surface area contributed by atoms with Crippen LogP contribution in [0.15, 0.2) is 0 Å². The van der Waals surface area contributed by atoms with Crippen molar-refractivity contribution in [2.45, 2.75) is 64.6 Å². The van der Waals surface area contributed by atoms with Crippen molar-refractivity contribution in [3.8, 4) is 0 Å². The second kappa shape index (κ2) is 4.75. The van der Waals surface area contributed by atoms with E-state index in [1.807, 2.05) is 0 Å². The Morgan fingerprint density at radius 3 is 2.67 bits per heavy atom. The van der Waals surface area contributed by atoms with Gasteiger partial charge in [-0.1, -0.05) is 42.6 Å². The van der Waals surface area contributed by atoms with Gasteiger partial charge in [0.2, 0.25) is 0 Å². The normalized spacial score (nSPS) is 36.6. The Morgan fingerprint density at radius 1 is 1.27 bits per heavy atom. The summed E-state index contributed by atoms with van der Waals surface area (Å²) in [4.78, 5) is 0. The molecule has 1 aliphatic heterocycles. The van der Waals surface area contributed by atoms with E-state index in [-0.39, 0.29) is 0 Å². The molecule has 0 aromatic carbocycles. The summed E-state index contributed by atoms with van der Waals surface area (Å²) in [6.45, 7) is 4.65. The van der Waals surface area contributed by atoms with Gasteiger partial charge in [-0.15, -0.1) is 0 Å². The number of alkyl halides is 1. The molecule has 1 aliphatic carbocycles. The maximum atomic E-state index is 6.18. The predicted octanol–water partition coefficient (Wildman–Crippen LogP) is 4.15. The topological polar surface area (TPSA) is 9.23 Å². The van der Waals surface area contributed by atoms with E-state index in [0.29, 0.717) is 17.6 Å². The lowest BCUT2D eigenvalue weighted by Gasteiger charge is -2.25. The first-order valence-corrected chi connectivity index (χ1v) is 7.44. The van der Waals surface area contributed by atoms with Crippen LogP contribution in [0.5, 0.6) is 0 Å². The SMILES string of the molecule is CC(C)(CBr)CC1CC2CCCCC2O1. The zero-order valence-electron chi connectivity index (χ0n) is 9.97. The fraction of sp³-hybridized carbons (Fsp3) is 1.00. The minimum Gasteiger partial charge on any atom is -0.375 e. The summed E-state index contributed by atoms with van der Waals surface area (Å²) < 4.78 is 6.18. The third-order valence-corrected chi connectivity index (χ3v) is 5.43. The number of hydrogen-bond donors (Lipinski definition) is 0. The van der Waals surface area contributed by atoms with E-state index in [2.05, 4.69) is 29.8 Å². The molecule has 15 heavy (non-hydrogen) atoms. The maximum Gasteiger partial charge on any atom is 0.0608 e. The second-order valence-electron chi connectivity index (χ2n) is 6.08. The highest BCUT2D eigenvalue weighted by Crippen LogP contribution is 2.41. The molecule has 2 heteroatoms. The largest absolute Gasteiger partial charge is 0.375 e. The first-order valence-electron chi connectivity index (χ1n) is 6.32. The molecule has 1 saturated heterocycles. The number of halogens is 1. The molecular formula is C13H23BrO. The lowest BCUT2D eigenvalue weighted by molar-refractivity contribution is 0.00317. The first kappa shape index (κ1) is 11.9. The van der Waals surface area contributed by atoms with Gasteiger partial charge in [-0.25, -0.2) is 0 Å². The number of rotatable bonds is 3. The van der Waals surface area contributed by atoms with E-state index < -0.39 is 0 Å². The Bertz CT molecular complexity index is 201. The molecule has 88 valence electrons. The highest BCUT2D eigenvalue weighted by Gasteiger charge is 2.38. The zero-order chi connectivity index (χ0) is 10.9. The second-order valence-corrected chi connectivity index (χ2v) is 6.64. The van der Waals surface area contributed by atoms with Crippen LogP contribution in [0.3, 0.4) is 0 Å². The van der Waals surface area contributed by atoms with Crippen LogP contribution in [0.4, 0.5) is 0 Å². The summed E-state index contributed by atoms with van der Waals surface area (Å²) in [5.41, 5.74) is 0.387. The summed E-state index contributed by atoms with van der Waals surface area (Å²) >= 11 is 3.60. The van der Waals surface area contributed by atoms with E-state index in [0.717, 1.165) is 11.2 Å². The van der Waals surface area contributed by atoms with Crippen molar-refractivity contribution in [3.63, 3.8) is 0 Å². The van der Waals surface area contributed by atoms with Crippen molar-refractivity contribution in [3.05, 3.63) is 0 Å². The molecular weight excluding hydrogens is 252 g/mol. The van der Waals surface area contributed by atoms with E-state index >= 15 is 0 Å². The van der Waals surface area contributed by atoms with E-state index in [1.165, 1.54) is 38.5 Å². The molecule has 0 radical (unpaired) electrons. The zero-order valence-corrected chi connectivity index (χ0v) is 11.6. The van der Waals surface area contributed by atoms with E-state index in [9.17, 15) is 0 Å². The van der Waals surface area contributed by atoms with Gasteiger partial charge in [-0.3, -0.25) is 0 Å². The van der Waals surface area contributed by atoms with Crippen LogP contribution < -0.4 is 0 Å². The van der Waals surface area contributed by atoms with Crippen molar-refractivity contribution >= 4 is 15.9 Å². The summed E-state index contributed by atoms with van der Waals surface area (Å²) in [7, 11) is 0. The number of fused-ring (bicyclic) bond motifs is 1. The smallest absolute Gasteiger partial charge is 0.0608 e. The molecule has 0 aromatic rings. The average Bonchev–Trinajstić information content (AvgIpc) is 2.58. The van der Waals surface area contributed by atoms with Crippen molar-refractivity contribution in [2.75, 3.05) is 5.33 Å². The standard InChI is InChI=1S/C13H23BrO/c1-13(2,9-14)8-11-7-10-5-3-4-6-12(10)15-11/h10-12H,3-9H2,1-2H3. The molecule has 0 amide bonds. The van der Waals surface area contributed by atoms with Gasteiger partial charge in [0.15, 0.2) is 0 Å². The fourth-order valence-corrected chi connectivity index (χ4v) is 3.29. The van der Waals surface area contributed by atoms with Crippen LogP contribution in [0.2, 0.25) is 0 Å². The Kier molecular flexibility index (Phi) is 3.77. The minimum absolute atomic E-state index is 0.387. The van der Waals surface area contributed by atoms with Crippen molar-refractivity contribution in [1.29, 1.82) is 0 Å². The van der Waals surface area contributed by atoms with Gasteiger partial charge in [-0.05, 0) is 37.0 Å². The summed E-state index contributed by atoms with van der Waals surface area (Å²) in [6, 6.07) is 0. The van der Waals surface area contributed by atoms with Gasteiger partial charge in [0, 0.05) is 5.33 Å². The molecule has 0 bridgehead atoms. The molecule has 1 nitrogen and oxygen atoms in total. The molecule has 2 fully saturated rings. The van der Waals surface area contributed by atoms with Crippen LogP contribution in [0, 0.1) is 11.3 Å². The number of hydrogen-bond acceptors (Lipinski definition) is 1. The first-order chi connectivity index (χ1) is 7.11. The van der Waals surface area contributed by atoms with Gasteiger partial charge in [0.05, 0.1) is 12.2 Å². The number of ether oxygens (including phenoxy) is 1. The van der Waals surface area contributed by atoms with Crippen LogP contribution in [-0.2, 0) is 4.74 Å². The third kappa shape index (κ3) is 2.97. The molecule has 2 aliphatic rings. The molecule has 0 aromatic heterocycles. The monoisotopic (exact) mass is 274 g/mol. The fourth-order valence-electron chi connectivity index (χ4n) is 3.07. The summed E-state index contributed by atoms with van der Waals surface area (Å²) in [6.07, 6.45) is 9.22. The molecule has 0 N–H and O–H groups in total. The van der Waals surface area contributed by atoms with Gasteiger partial charge in [-0.2, -0.15) is 0 Å². The Balaban J connectivity index is 1.86. The Hall–Kier alpha value is 0.440. The third-order valence-electron chi connectivity index (χ3n) is 3.91. The van der Waals surface area contributed by atoms with Crippen molar-refractivity contribution < 1.29 is 4.74 Å². The Labute approximate surface area is 102 Å². The lowest BCUT2D eigenvalue weighted by Crippen LogP contribution is -2.23. The van der Waals surface area contributed by atoms with E-state index in [1.54, 1.807) is 0 Å². The van der Waals surface area contributed by atoms with E-state index in [4.69, 9.17) is 4.74 Å². The van der Waals surface area contributed by atoms with Crippen LogP contribution in [-0.4, -0.2) is 17.5 Å². The maximum absolute atomic E-state index is 6.18. The van der Waals surface area contributed by atoms with Gasteiger partial charge in [0.1, 0.15) is 0 Å². The molecule has 1 saturated carbocycles. The van der Waals surface area contributed by atoms with Crippen molar-refractivity contribution in [2.24, 2.45) is 11.3 Å². The molecule has 3 unspecified atom stereocenters. The molecule has 3 atom stereocenters. The van der Waals surface area contributed by atoms with Crippen LogP contribution in [0.1, 0.15) is 52.4 Å². The molecule has 1 heterocycles. The van der Waals surface area contributed by atoms with Gasteiger partial charge < -0.3 is 4.74 Å². The molecule has 2 rings (SSSR count). The van der Waals surface area contributed by atoms with Gasteiger partial charge >= 0.3 is 0 Å².